The van der Waals surface area contributed by atoms with Crippen LogP contribution in [0.3, 0.4) is 0 Å². The van der Waals surface area contributed by atoms with Crippen LogP contribution >= 0.6 is 11.6 Å². The summed E-state index contributed by atoms with van der Waals surface area (Å²) in [4.78, 5) is 21.8. The van der Waals surface area contributed by atoms with Gasteiger partial charge in [0, 0.05) is 43.9 Å². The second-order valence-corrected chi connectivity index (χ2v) is 7.59. The van der Waals surface area contributed by atoms with Gasteiger partial charge >= 0.3 is 0 Å². The molecule has 0 atom stereocenters. The first kappa shape index (κ1) is 19.6. The Labute approximate surface area is 175 Å². The standard InChI is InChI=1S/C22H24ClN5O/c1-2-20-19(15-25-28(20)21-5-3-4-10-24-21)22(29)27-13-11-26(12-14-27)16-17-6-8-18(23)9-7-17/h3-10,15H,2,11-14,16H2,1H3. The summed E-state index contributed by atoms with van der Waals surface area (Å²) < 4.78 is 1.77. The lowest BCUT2D eigenvalue weighted by Gasteiger charge is -2.34. The van der Waals surface area contributed by atoms with Gasteiger partial charge in [0.05, 0.1) is 17.5 Å². The van der Waals surface area contributed by atoms with E-state index >= 15 is 0 Å². The number of aromatic nitrogens is 3. The number of carbonyl (C=O) groups excluding carboxylic acids is 1. The number of hydrogen-bond donors (Lipinski definition) is 0. The lowest BCUT2D eigenvalue weighted by Crippen LogP contribution is -2.48. The Hall–Kier alpha value is -2.70. The molecule has 1 aliphatic rings. The summed E-state index contributed by atoms with van der Waals surface area (Å²) in [5.41, 5.74) is 2.81. The summed E-state index contributed by atoms with van der Waals surface area (Å²) in [5.74, 6) is 0.784. The van der Waals surface area contributed by atoms with Crippen molar-refractivity contribution in [2.24, 2.45) is 0 Å². The van der Waals surface area contributed by atoms with E-state index in [-0.39, 0.29) is 5.91 Å². The zero-order chi connectivity index (χ0) is 20.2. The van der Waals surface area contributed by atoms with E-state index in [0.29, 0.717) is 25.1 Å². The Morgan fingerprint density at radius 2 is 1.83 bits per heavy atom. The topological polar surface area (TPSA) is 54.3 Å². The number of nitrogens with zero attached hydrogens (tertiary/aromatic N) is 5. The Morgan fingerprint density at radius 3 is 2.48 bits per heavy atom. The molecule has 150 valence electrons. The molecule has 2 aromatic heterocycles. The summed E-state index contributed by atoms with van der Waals surface area (Å²) in [6, 6.07) is 13.6. The van der Waals surface area contributed by atoms with Crippen LogP contribution in [0, 0.1) is 0 Å². The highest BCUT2D eigenvalue weighted by molar-refractivity contribution is 6.30. The second-order valence-electron chi connectivity index (χ2n) is 7.15. The van der Waals surface area contributed by atoms with Gasteiger partial charge in [0.2, 0.25) is 0 Å². The molecule has 4 rings (SSSR count). The SMILES string of the molecule is CCc1c(C(=O)N2CCN(Cc3ccc(Cl)cc3)CC2)cnn1-c1ccccn1. The first-order valence-electron chi connectivity index (χ1n) is 9.90. The van der Waals surface area contributed by atoms with E-state index in [0.717, 1.165) is 36.2 Å². The number of benzene rings is 1. The third-order valence-corrected chi connectivity index (χ3v) is 5.53. The number of rotatable bonds is 5. The van der Waals surface area contributed by atoms with Crippen LogP contribution in [0.25, 0.3) is 5.82 Å². The van der Waals surface area contributed by atoms with Crippen LogP contribution in [0.2, 0.25) is 5.02 Å². The molecule has 1 saturated heterocycles. The fourth-order valence-corrected chi connectivity index (χ4v) is 3.82. The molecule has 7 heteroatoms. The van der Waals surface area contributed by atoms with Crippen LogP contribution in [0.1, 0.15) is 28.5 Å². The monoisotopic (exact) mass is 409 g/mol. The smallest absolute Gasteiger partial charge is 0.257 e. The van der Waals surface area contributed by atoms with E-state index in [1.54, 1.807) is 17.1 Å². The fraction of sp³-hybridized carbons (Fsp3) is 0.318. The van der Waals surface area contributed by atoms with Gasteiger partial charge in [0.25, 0.3) is 5.91 Å². The summed E-state index contributed by atoms with van der Waals surface area (Å²) >= 11 is 5.96. The number of piperazine rings is 1. The molecule has 0 unspecified atom stereocenters. The van der Waals surface area contributed by atoms with Crippen molar-refractivity contribution < 1.29 is 4.79 Å². The minimum atomic E-state index is 0.0511. The summed E-state index contributed by atoms with van der Waals surface area (Å²) in [7, 11) is 0. The number of pyridine rings is 1. The first-order valence-corrected chi connectivity index (χ1v) is 10.3. The third-order valence-electron chi connectivity index (χ3n) is 5.28. The highest BCUT2D eigenvalue weighted by atomic mass is 35.5. The number of halogens is 1. The first-order chi connectivity index (χ1) is 14.2. The maximum absolute atomic E-state index is 13.1. The van der Waals surface area contributed by atoms with Gasteiger partial charge in [-0.05, 0) is 36.2 Å². The molecular weight excluding hydrogens is 386 g/mol. The average molecular weight is 410 g/mol. The van der Waals surface area contributed by atoms with Crippen molar-refractivity contribution in [2.45, 2.75) is 19.9 Å². The lowest BCUT2D eigenvalue weighted by atomic mass is 10.1. The van der Waals surface area contributed by atoms with Gasteiger partial charge in [0.15, 0.2) is 5.82 Å². The van der Waals surface area contributed by atoms with Crippen molar-refractivity contribution >= 4 is 17.5 Å². The van der Waals surface area contributed by atoms with Crippen LogP contribution in [-0.4, -0.2) is 56.7 Å². The van der Waals surface area contributed by atoms with E-state index in [1.165, 1.54) is 5.56 Å². The van der Waals surface area contributed by atoms with Crippen LogP contribution in [0.15, 0.2) is 54.9 Å². The number of hydrogen-bond acceptors (Lipinski definition) is 4. The molecule has 3 heterocycles. The van der Waals surface area contributed by atoms with Crippen molar-refractivity contribution in [3.05, 3.63) is 76.7 Å². The van der Waals surface area contributed by atoms with Crippen LogP contribution in [-0.2, 0) is 13.0 Å². The third kappa shape index (κ3) is 4.33. The zero-order valence-corrected chi connectivity index (χ0v) is 17.2. The van der Waals surface area contributed by atoms with E-state index in [9.17, 15) is 4.79 Å². The Kier molecular flexibility index (Phi) is 5.92. The molecule has 29 heavy (non-hydrogen) atoms. The zero-order valence-electron chi connectivity index (χ0n) is 16.5. The van der Waals surface area contributed by atoms with Gasteiger partial charge in [-0.15, -0.1) is 0 Å². The maximum Gasteiger partial charge on any atom is 0.257 e. The maximum atomic E-state index is 13.1. The van der Waals surface area contributed by atoms with Crippen LogP contribution in [0.5, 0.6) is 0 Å². The van der Waals surface area contributed by atoms with Crippen molar-refractivity contribution in [2.75, 3.05) is 26.2 Å². The van der Waals surface area contributed by atoms with Crippen molar-refractivity contribution in [3.8, 4) is 5.82 Å². The Morgan fingerprint density at radius 1 is 1.07 bits per heavy atom. The predicted octanol–water partition coefficient (Wildman–Crippen LogP) is 3.44. The molecule has 0 N–H and O–H groups in total. The van der Waals surface area contributed by atoms with Crippen LogP contribution in [0.4, 0.5) is 0 Å². The fourth-order valence-electron chi connectivity index (χ4n) is 3.70. The highest BCUT2D eigenvalue weighted by Gasteiger charge is 2.26. The summed E-state index contributed by atoms with van der Waals surface area (Å²) in [5, 5.41) is 5.19. The molecule has 0 saturated carbocycles. The second kappa shape index (κ2) is 8.76. The van der Waals surface area contributed by atoms with Gasteiger partial charge in [0.1, 0.15) is 0 Å². The summed E-state index contributed by atoms with van der Waals surface area (Å²) in [6.07, 6.45) is 4.13. The highest BCUT2D eigenvalue weighted by Crippen LogP contribution is 2.18. The summed E-state index contributed by atoms with van der Waals surface area (Å²) in [6.45, 7) is 6.04. The van der Waals surface area contributed by atoms with Gasteiger partial charge in [-0.25, -0.2) is 9.67 Å². The molecule has 0 aliphatic carbocycles. The molecule has 6 nitrogen and oxygen atoms in total. The molecule has 0 spiro atoms. The van der Waals surface area contributed by atoms with E-state index in [2.05, 4.69) is 27.1 Å². The molecule has 1 fully saturated rings. The van der Waals surface area contributed by atoms with Crippen molar-refractivity contribution in [1.29, 1.82) is 0 Å². The quantitative estimate of drug-likeness (QED) is 0.647. The van der Waals surface area contributed by atoms with Crippen molar-refractivity contribution in [3.63, 3.8) is 0 Å². The van der Waals surface area contributed by atoms with Gasteiger partial charge in [-0.1, -0.05) is 36.7 Å². The molecule has 1 aliphatic heterocycles. The average Bonchev–Trinajstić information content (AvgIpc) is 3.20. The molecule has 0 bridgehead atoms. The van der Waals surface area contributed by atoms with E-state index < -0.39 is 0 Å². The van der Waals surface area contributed by atoms with Gasteiger partial charge < -0.3 is 4.90 Å². The molecular formula is C22H24ClN5O. The number of amides is 1. The minimum absolute atomic E-state index is 0.0511. The molecule has 3 aromatic rings. The largest absolute Gasteiger partial charge is 0.336 e. The van der Waals surface area contributed by atoms with Crippen molar-refractivity contribution in [1.82, 2.24) is 24.6 Å². The van der Waals surface area contributed by atoms with Gasteiger partial charge in [-0.2, -0.15) is 5.10 Å². The van der Waals surface area contributed by atoms with E-state index in [4.69, 9.17) is 11.6 Å². The minimum Gasteiger partial charge on any atom is -0.336 e. The normalized spacial score (nSPS) is 14.9. The Bertz CT molecular complexity index is 963. The lowest BCUT2D eigenvalue weighted by molar-refractivity contribution is 0.0627. The Balaban J connectivity index is 1.42. The predicted molar refractivity (Wildman–Crippen MR) is 113 cm³/mol. The number of carbonyl (C=O) groups is 1. The molecule has 1 amide bonds. The van der Waals surface area contributed by atoms with Crippen LogP contribution < -0.4 is 0 Å². The molecule has 0 radical (unpaired) electrons. The molecule has 1 aromatic carbocycles. The van der Waals surface area contributed by atoms with E-state index in [1.807, 2.05) is 42.2 Å². The van der Waals surface area contributed by atoms with Gasteiger partial charge in [-0.3, -0.25) is 9.69 Å².